The second-order valence-corrected chi connectivity index (χ2v) is 6.03. The van der Waals surface area contributed by atoms with Crippen molar-refractivity contribution in [2.75, 3.05) is 18.5 Å². The number of nitrogens with one attached hydrogen (secondary N) is 1. The van der Waals surface area contributed by atoms with Crippen molar-refractivity contribution in [2.45, 2.75) is 46.7 Å². The van der Waals surface area contributed by atoms with Crippen molar-refractivity contribution < 1.29 is 4.74 Å². The first kappa shape index (κ1) is 16.0. The van der Waals surface area contributed by atoms with E-state index in [1.807, 2.05) is 20.8 Å². The second-order valence-electron chi connectivity index (χ2n) is 5.14. The summed E-state index contributed by atoms with van der Waals surface area (Å²) in [6.45, 7) is 10.6. The topological polar surface area (TPSA) is 52.0 Å². The standard InChI is InChI=1S/C15H24N4OS/c1-5-20-8-6-7-19-9-11(2)17-15(19)18-13(4)14-16-12(3)10-21-14/h9-10,13H,5-8H2,1-4H3,(H,17,18). The van der Waals surface area contributed by atoms with E-state index in [9.17, 15) is 0 Å². The Kier molecular flexibility index (Phi) is 5.76. The number of hydrogen-bond donors (Lipinski definition) is 1. The Morgan fingerprint density at radius 3 is 2.81 bits per heavy atom. The molecule has 116 valence electrons. The highest BCUT2D eigenvalue weighted by Crippen LogP contribution is 2.22. The Labute approximate surface area is 130 Å². The summed E-state index contributed by atoms with van der Waals surface area (Å²) < 4.78 is 7.55. The Balaban J connectivity index is 1.98. The average molecular weight is 308 g/mol. The Morgan fingerprint density at radius 1 is 1.33 bits per heavy atom. The lowest BCUT2D eigenvalue weighted by Gasteiger charge is -2.14. The van der Waals surface area contributed by atoms with Crippen LogP contribution < -0.4 is 5.32 Å². The molecule has 2 rings (SSSR count). The van der Waals surface area contributed by atoms with Crippen LogP contribution in [0.3, 0.4) is 0 Å². The summed E-state index contributed by atoms with van der Waals surface area (Å²) in [6.07, 6.45) is 3.07. The molecule has 0 aromatic carbocycles. The molecule has 21 heavy (non-hydrogen) atoms. The molecule has 6 heteroatoms. The summed E-state index contributed by atoms with van der Waals surface area (Å²) in [4.78, 5) is 9.10. The first-order chi connectivity index (χ1) is 10.1. The summed E-state index contributed by atoms with van der Waals surface area (Å²) >= 11 is 1.68. The molecule has 0 amide bonds. The third-order valence-corrected chi connectivity index (χ3v) is 4.29. The number of anilines is 1. The molecular weight excluding hydrogens is 284 g/mol. The van der Waals surface area contributed by atoms with Crippen molar-refractivity contribution in [3.63, 3.8) is 0 Å². The Hall–Kier alpha value is -1.40. The van der Waals surface area contributed by atoms with E-state index < -0.39 is 0 Å². The summed E-state index contributed by atoms with van der Waals surface area (Å²) in [5, 5.41) is 6.63. The maximum Gasteiger partial charge on any atom is 0.203 e. The summed E-state index contributed by atoms with van der Waals surface area (Å²) in [7, 11) is 0. The first-order valence-electron chi connectivity index (χ1n) is 7.40. The van der Waals surface area contributed by atoms with Crippen LogP contribution in [0.15, 0.2) is 11.6 Å². The van der Waals surface area contributed by atoms with Gasteiger partial charge in [0.15, 0.2) is 0 Å². The Bertz CT molecular complexity index is 564. The van der Waals surface area contributed by atoms with Crippen LogP contribution in [-0.4, -0.2) is 27.7 Å². The third-order valence-electron chi connectivity index (χ3n) is 3.14. The van der Waals surface area contributed by atoms with Crippen LogP contribution in [0.1, 0.15) is 42.7 Å². The maximum atomic E-state index is 5.39. The highest BCUT2D eigenvalue weighted by Gasteiger charge is 2.13. The zero-order chi connectivity index (χ0) is 15.2. The number of aromatic nitrogens is 3. The van der Waals surface area contributed by atoms with Crippen LogP contribution in [0.4, 0.5) is 5.95 Å². The molecule has 2 heterocycles. The molecule has 0 radical (unpaired) electrons. The summed E-state index contributed by atoms with van der Waals surface area (Å²) in [5.74, 6) is 0.907. The van der Waals surface area contributed by atoms with E-state index in [2.05, 4.69) is 38.4 Å². The van der Waals surface area contributed by atoms with Gasteiger partial charge < -0.3 is 14.6 Å². The molecule has 0 aliphatic carbocycles. The van der Waals surface area contributed by atoms with Crippen LogP contribution in [0.2, 0.25) is 0 Å². The fourth-order valence-electron chi connectivity index (χ4n) is 2.14. The zero-order valence-corrected chi connectivity index (χ0v) is 14.0. The molecule has 0 aliphatic heterocycles. The molecule has 0 saturated heterocycles. The van der Waals surface area contributed by atoms with Gasteiger partial charge in [0.2, 0.25) is 5.95 Å². The average Bonchev–Trinajstić information content (AvgIpc) is 3.01. The maximum absolute atomic E-state index is 5.39. The van der Waals surface area contributed by atoms with Crippen molar-refractivity contribution in [2.24, 2.45) is 0 Å². The molecule has 2 aromatic rings. The van der Waals surface area contributed by atoms with E-state index in [-0.39, 0.29) is 6.04 Å². The SMILES string of the molecule is CCOCCCn1cc(C)nc1NC(C)c1nc(C)cs1. The number of hydrogen-bond acceptors (Lipinski definition) is 5. The highest BCUT2D eigenvalue weighted by molar-refractivity contribution is 7.09. The largest absolute Gasteiger partial charge is 0.382 e. The lowest BCUT2D eigenvalue weighted by Crippen LogP contribution is -2.12. The fraction of sp³-hybridized carbons (Fsp3) is 0.600. The van der Waals surface area contributed by atoms with Gasteiger partial charge in [-0.2, -0.15) is 0 Å². The third kappa shape index (κ3) is 4.54. The van der Waals surface area contributed by atoms with E-state index in [1.54, 1.807) is 11.3 Å². The number of thiazole rings is 1. The van der Waals surface area contributed by atoms with Crippen LogP contribution >= 0.6 is 11.3 Å². The second kappa shape index (κ2) is 7.56. The molecule has 1 atom stereocenters. The van der Waals surface area contributed by atoms with Crippen LogP contribution in [0.5, 0.6) is 0 Å². The van der Waals surface area contributed by atoms with Crippen LogP contribution in [0.25, 0.3) is 0 Å². The van der Waals surface area contributed by atoms with Crippen molar-refractivity contribution in [1.82, 2.24) is 14.5 Å². The van der Waals surface area contributed by atoms with Gasteiger partial charge in [-0.25, -0.2) is 9.97 Å². The quantitative estimate of drug-likeness (QED) is 0.758. The molecule has 0 spiro atoms. The number of rotatable bonds is 8. The van der Waals surface area contributed by atoms with E-state index in [4.69, 9.17) is 4.74 Å². The highest BCUT2D eigenvalue weighted by atomic mass is 32.1. The van der Waals surface area contributed by atoms with Gasteiger partial charge in [-0.05, 0) is 34.1 Å². The molecule has 1 unspecified atom stereocenters. The van der Waals surface area contributed by atoms with Gasteiger partial charge in [-0.3, -0.25) is 0 Å². The van der Waals surface area contributed by atoms with Crippen molar-refractivity contribution in [3.05, 3.63) is 28.0 Å². The molecular formula is C15H24N4OS. The lowest BCUT2D eigenvalue weighted by atomic mass is 10.3. The molecule has 5 nitrogen and oxygen atoms in total. The zero-order valence-electron chi connectivity index (χ0n) is 13.2. The van der Waals surface area contributed by atoms with E-state index in [1.165, 1.54) is 0 Å². The van der Waals surface area contributed by atoms with E-state index >= 15 is 0 Å². The lowest BCUT2D eigenvalue weighted by molar-refractivity contribution is 0.142. The summed E-state index contributed by atoms with van der Waals surface area (Å²) in [5.41, 5.74) is 2.09. The first-order valence-corrected chi connectivity index (χ1v) is 8.28. The normalized spacial score (nSPS) is 12.6. The van der Waals surface area contributed by atoms with Crippen molar-refractivity contribution >= 4 is 17.3 Å². The molecule has 0 saturated carbocycles. The molecule has 2 aromatic heterocycles. The van der Waals surface area contributed by atoms with Crippen molar-refractivity contribution in [1.29, 1.82) is 0 Å². The molecule has 0 aliphatic rings. The Morgan fingerprint density at radius 2 is 2.14 bits per heavy atom. The predicted octanol–water partition coefficient (Wildman–Crippen LogP) is 3.56. The minimum absolute atomic E-state index is 0.163. The van der Waals surface area contributed by atoms with Gasteiger partial charge in [-0.15, -0.1) is 11.3 Å². The predicted molar refractivity (Wildman–Crippen MR) is 87.0 cm³/mol. The fourth-order valence-corrected chi connectivity index (χ4v) is 2.94. The summed E-state index contributed by atoms with van der Waals surface area (Å²) in [6, 6.07) is 0.163. The number of aryl methyl sites for hydroxylation is 3. The van der Waals surface area contributed by atoms with Crippen LogP contribution in [-0.2, 0) is 11.3 Å². The molecule has 0 fully saturated rings. The minimum Gasteiger partial charge on any atom is -0.382 e. The smallest absolute Gasteiger partial charge is 0.203 e. The van der Waals surface area contributed by atoms with Gasteiger partial charge in [0.25, 0.3) is 0 Å². The van der Waals surface area contributed by atoms with Gasteiger partial charge in [-0.1, -0.05) is 0 Å². The van der Waals surface area contributed by atoms with E-state index in [0.29, 0.717) is 0 Å². The van der Waals surface area contributed by atoms with Gasteiger partial charge in [0.05, 0.1) is 11.7 Å². The minimum atomic E-state index is 0.163. The number of nitrogens with zero attached hydrogens (tertiary/aromatic N) is 3. The molecule has 1 N–H and O–H groups in total. The van der Waals surface area contributed by atoms with Gasteiger partial charge >= 0.3 is 0 Å². The number of imidazole rings is 1. The monoisotopic (exact) mass is 308 g/mol. The van der Waals surface area contributed by atoms with Gasteiger partial charge in [0.1, 0.15) is 5.01 Å². The number of ether oxygens (including phenoxy) is 1. The van der Waals surface area contributed by atoms with Gasteiger partial charge in [0, 0.05) is 37.0 Å². The van der Waals surface area contributed by atoms with E-state index in [0.717, 1.165) is 48.5 Å². The van der Waals surface area contributed by atoms with Crippen LogP contribution in [0, 0.1) is 13.8 Å². The van der Waals surface area contributed by atoms with Crippen molar-refractivity contribution in [3.8, 4) is 0 Å². The molecule has 0 bridgehead atoms.